The minimum atomic E-state index is -0.884. The second-order valence-corrected chi connectivity index (χ2v) is 5.10. The van der Waals surface area contributed by atoms with Gasteiger partial charge in [-0.3, -0.25) is 4.68 Å². The highest BCUT2D eigenvalue weighted by atomic mass is 35.5. The molecule has 0 spiro atoms. The van der Waals surface area contributed by atoms with Crippen molar-refractivity contribution in [1.82, 2.24) is 15.1 Å². The molecule has 0 saturated carbocycles. The van der Waals surface area contributed by atoms with Gasteiger partial charge in [-0.25, -0.2) is 0 Å². The zero-order valence-corrected chi connectivity index (χ0v) is 11.4. The molecular weight excluding hydrogens is 254 g/mol. The zero-order valence-electron chi connectivity index (χ0n) is 10.7. The molecule has 0 radical (unpaired) electrons. The summed E-state index contributed by atoms with van der Waals surface area (Å²) in [6.45, 7) is 2.89. The van der Waals surface area contributed by atoms with Gasteiger partial charge in [0.25, 0.3) is 0 Å². The summed E-state index contributed by atoms with van der Waals surface area (Å²) in [6.07, 6.45) is 3.90. The maximum atomic E-state index is 10.8. The van der Waals surface area contributed by atoms with Crippen molar-refractivity contribution in [1.29, 1.82) is 0 Å². The average Bonchev–Trinajstić information content (AvgIpc) is 2.58. The van der Waals surface area contributed by atoms with Gasteiger partial charge in [0.2, 0.25) is 0 Å². The van der Waals surface area contributed by atoms with Gasteiger partial charge in [-0.2, -0.15) is 5.10 Å². The smallest absolute Gasteiger partial charge is 0.109 e. The van der Waals surface area contributed by atoms with E-state index in [-0.39, 0.29) is 0 Å². The van der Waals surface area contributed by atoms with Crippen molar-refractivity contribution >= 4 is 11.6 Å². The maximum Gasteiger partial charge on any atom is 0.109 e. The van der Waals surface area contributed by atoms with Crippen molar-refractivity contribution < 1.29 is 9.84 Å². The summed E-state index contributed by atoms with van der Waals surface area (Å²) in [5, 5.41) is 18.9. The van der Waals surface area contributed by atoms with Gasteiger partial charge in [-0.1, -0.05) is 11.6 Å². The molecule has 1 saturated heterocycles. The third-order valence-corrected chi connectivity index (χ3v) is 3.68. The summed E-state index contributed by atoms with van der Waals surface area (Å²) < 4.78 is 6.82. The number of hydrogen-bond donors (Lipinski definition) is 2. The summed E-state index contributed by atoms with van der Waals surface area (Å²) in [4.78, 5) is 0. The van der Waals surface area contributed by atoms with Crippen LogP contribution in [0.3, 0.4) is 0 Å². The van der Waals surface area contributed by atoms with Crippen LogP contribution in [0.1, 0.15) is 25.0 Å². The fourth-order valence-corrected chi connectivity index (χ4v) is 2.78. The first-order valence-electron chi connectivity index (χ1n) is 6.31. The molecule has 0 bridgehead atoms. The molecular formula is C12H20ClN3O2. The second kappa shape index (κ2) is 6.02. The third kappa shape index (κ3) is 2.85. The number of nitrogens with zero attached hydrogens (tertiary/aromatic N) is 2. The Morgan fingerprint density at radius 3 is 3.17 bits per heavy atom. The Kier molecular flexibility index (Phi) is 4.61. The molecule has 18 heavy (non-hydrogen) atoms. The molecule has 1 aliphatic rings. The molecule has 6 heteroatoms. The van der Waals surface area contributed by atoms with Gasteiger partial charge < -0.3 is 15.2 Å². The fraction of sp³-hybridized carbons (Fsp3) is 0.750. The molecule has 102 valence electrons. The Balaban J connectivity index is 2.26. The van der Waals surface area contributed by atoms with E-state index in [0.29, 0.717) is 31.0 Å². The van der Waals surface area contributed by atoms with E-state index in [1.54, 1.807) is 18.0 Å². The minimum absolute atomic E-state index is 0.538. The van der Waals surface area contributed by atoms with Gasteiger partial charge in [0.1, 0.15) is 5.60 Å². The number of halogens is 1. The molecule has 5 nitrogen and oxygen atoms in total. The van der Waals surface area contributed by atoms with Gasteiger partial charge in [0, 0.05) is 7.11 Å². The molecule has 2 N–H and O–H groups in total. The second-order valence-electron chi connectivity index (χ2n) is 4.69. The standard InChI is InChI=1S/C12H20ClN3O2/c1-18-8-7-16-11(10(13)9-15-16)12(17)3-2-5-14-6-4-12/h9,14,17H,2-8H2,1H3. The zero-order chi connectivity index (χ0) is 13.0. The molecule has 0 aliphatic carbocycles. The van der Waals surface area contributed by atoms with Crippen LogP contribution >= 0.6 is 11.6 Å². The lowest BCUT2D eigenvalue weighted by Gasteiger charge is -2.27. The van der Waals surface area contributed by atoms with Gasteiger partial charge in [0.05, 0.1) is 30.1 Å². The molecule has 1 atom stereocenters. The van der Waals surface area contributed by atoms with E-state index in [9.17, 15) is 5.11 Å². The van der Waals surface area contributed by atoms with Crippen LogP contribution in [0.25, 0.3) is 0 Å². The number of aromatic nitrogens is 2. The summed E-state index contributed by atoms with van der Waals surface area (Å²) in [5.41, 5.74) is -0.157. The molecule has 2 heterocycles. The van der Waals surface area contributed by atoms with Crippen molar-refractivity contribution in [2.75, 3.05) is 26.8 Å². The van der Waals surface area contributed by atoms with Crippen molar-refractivity contribution in [3.05, 3.63) is 16.9 Å². The first-order valence-corrected chi connectivity index (χ1v) is 6.69. The molecule has 1 unspecified atom stereocenters. The number of ether oxygens (including phenoxy) is 1. The largest absolute Gasteiger partial charge is 0.383 e. The van der Waals surface area contributed by atoms with Crippen LogP contribution in [0, 0.1) is 0 Å². The molecule has 1 fully saturated rings. The van der Waals surface area contributed by atoms with Crippen molar-refractivity contribution in [3.8, 4) is 0 Å². The Morgan fingerprint density at radius 1 is 1.56 bits per heavy atom. The van der Waals surface area contributed by atoms with Crippen molar-refractivity contribution in [2.24, 2.45) is 0 Å². The SMILES string of the molecule is COCCn1ncc(Cl)c1C1(O)CCCNCC1. The molecule has 0 amide bonds. The monoisotopic (exact) mass is 273 g/mol. The highest BCUT2D eigenvalue weighted by Crippen LogP contribution is 2.35. The normalized spacial score (nSPS) is 25.1. The summed E-state index contributed by atoms with van der Waals surface area (Å²) in [5.74, 6) is 0. The average molecular weight is 274 g/mol. The maximum absolute atomic E-state index is 10.8. The first kappa shape index (κ1) is 13.8. The molecule has 1 aromatic rings. The van der Waals surface area contributed by atoms with Crippen molar-refractivity contribution in [2.45, 2.75) is 31.4 Å². The van der Waals surface area contributed by atoms with Crippen LogP contribution in [0.5, 0.6) is 0 Å². The summed E-state index contributed by atoms with van der Waals surface area (Å²) >= 11 is 6.20. The lowest BCUT2D eigenvalue weighted by molar-refractivity contribution is 0.0140. The van der Waals surface area contributed by atoms with E-state index in [1.807, 2.05) is 0 Å². The van der Waals surface area contributed by atoms with Crippen LogP contribution < -0.4 is 5.32 Å². The predicted octanol–water partition coefficient (Wildman–Crippen LogP) is 1.14. The summed E-state index contributed by atoms with van der Waals surface area (Å²) in [7, 11) is 1.65. The predicted molar refractivity (Wildman–Crippen MR) is 69.7 cm³/mol. The van der Waals surface area contributed by atoms with E-state index in [0.717, 1.165) is 25.2 Å². The first-order chi connectivity index (χ1) is 8.67. The third-order valence-electron chi connectivity index (χ3n) is 3.40. The lowest BCUT2D eigenvalue weighted by atomic mass is 9.91. The van der Waals surface area contributed by atoms with E-state index < -0.39 is 5.60 Å². The number of hydrogen-bond acceptors (Lipinski definition) is 4. The van der Waals surface area contributed by atoms with Crippen LogP contribution in [-0.2, 0) is 16.9 Å². The topological polar surface area (TPSA) is 59.3 Å². The van der Waals surface area contributed by atoms with Gasteiger partial charge in [-0.05, 0) is 32.4 Å². The van der Waals surface area contributed by atoms with E-state index in [2.05, 4.69) is 10.4 Å². The van der Waals surface area contributed by atoms with Crippen molar-refractivity contribution in [3.63, 3.8) is 0 Å². The molecule has 1 aliphatic heterocycles. The van der Waals surface area contributed by atoms with Gasteiger partial charge in [-0.15, -0.1) is 0 Å². The molecule has 0 aromatic carbocycles. The Hall–Kier alpha value is -0.620. The molecule has 2 rings (SSSR count). The lowest BCUT2D eigenvalue weighted by Crippen LogP contribution is -2.31. The number of methoxy groups -OCH3 is 1. The van der Waals surface area contributed by atoms with Crippen LogP contribution in [0.15, 0.2) is 6.20 Å². The highest BCUT2D eigenvalue weighted by Gasteiger charge is 2.35. The number of nitrogens with one attached hydrogen (secondary N) is 1. The van der Waals surface area contributed by atoms with Crippen LogP contribution in [-0.4, -0.2) is 41.7 Å². The number of rotatable bonds is 4. The van der Waals surface area contributed by atoms with Gasteiger partial charge in [0.15, 0.2) is 0 Å². The fourth-order valence-electron chi connectivity index (χ4n) is 2.46. The Labute approximate surface area is 112 Å². The van der Waals surface area contributed by atoms with E-state index >= 15 is 0 Å². The van der Waals surface area contributed by atoms with E-state index in [4.69, 9.17) is 16.3 Å². The highest BCUT2D eigenvalue weighted by molar-refractivity contribution is 6.31. The Bertz CT molecular complexity index is 387. The molecule has 1 aromatic heterocycles. The minimum Gasteiger partial charge on any atom is -0.383 e. The van der Waals surface area contributed by atoms with Crippen LogP contribution in [0.4, 0.5) is 0 Å². The number of aliphatic hydroxyl groups is 1. The quantitative estimate of drug-likeness (QED) is 0.864. The Morgan fingerprint density at radius 2 is 2.39 bits per heavy atom. The van der Waals surface area contributed by atoms with E-state index in [1.165, 1.54) is 0 Å². The van der Waals surface area contributed by atoms with Crippen LogP contribution in [0.2, 0.25) is 5.02 Å². The van der Waals surface area contributed by atoms with Gasteiger partial charge >= 0.3 is 0 Å². The summed E-state index contributed by atoms with van der Waals surface area (Å²) in [6, 6.07) is 0.